The monoisotopic (exact) mass is 314 g/mol. The number of benzene rings is 1. The summed E-state index contributed by atoms with van der Waals surface area (Å²) in [5.41, 5.74) is 0.168. The van der Waals surface area contributed by atoms with Crippen molar-refractivity contribution < 1.29 is 18.7 Å². The first-order chi connectivity index (χ1) is 9.95. The first-order valence-electron chi connectivity index (χ1n) is 5.93. The van der Waals surface area contributed by atoms with Gasteiger partial charge in [-0.15, -0.1) is 10.2 Å². The van der Waals surface area contributed by atoms with Crippen molar-refractivity contribution in [2.45, 2.75) is 13.0 Å². The van der Waals surface area contributed by atoms with Crippen LogP contribution in [0.15, 0.2) is 18.2 Å². The lowest BCUT2D eigenvalue weighted by Crippen LogP contribution is -2.32. The lowest BCUT2D eigenvalue weighted by Gasteiger charge is -2.12. The number of anilines is 1. The molecule has 2 aromatic rings. The van der Waals surface area contributed by atoms with Gasteiger partial charge in [0.1, 0.15) is 5.01 Å². The van der Waals surface area contributed by atoms with Gasteiger partial charge in [0.25, 0.3) is 0 Å². The Morgan fingerprint density at radius 3 is 2.76 bits per heavy atom. The standard InChI is InChI=1S/C12H12F2N4O2S/c1-6-17-18-12(21-6)16-11(20)15-5-10(19)7-2-3-8(13)9(14)4-7/h2-4,10,19H,5H2,1H3,(H2,15,16,18,20). The second-order valence-corrected chi connectivity index (χ2v) is 5.33. The number of aryl methyl sites for hydroxylation is 1. The van der Waals surface area contributed by atoms with Gasteiger partial charge >= 0.3 is 6.03 Å². The van der Waals surface area contributed by atoms with E-state index in [2.05, 4.69) is 20.8 Å². The van der Waals surface area contributed by atoms with Crippen molar-refractivity contribution in [1.29, 1.82) is 0 Å². The fraction of sp³-hybridized carbons (Fsp3) is 0.250. The van der Waals surface area contributed by atoms with Gasteiger partial charge in [-0.3, -0.25) is 5.32 Å². The fourth-order valence-corrected chi connectivity index (χ4v) is 2.10. The zero-order valence-electron chi connectivity index (χ0n) is 10.9. The Balaban J connectivity index is 1.86. The number of rotatable bonds is 4. The molecule has 0 aliphatic carbocycles. The zero-order valence-corrected chi connectivity index (χ0v) is 11.7. The summed E-state index contributed by atoms with van der Waals surface area (Å²) in [7, 11) is 0. The average molecular weight is 314 g/mol. The van der Waals surface area contributed by atoms with E-state index in [1.807, 2.05) is 0 Å². The third kappa shape index (κ3) is 4.17. The maximum absolute atomic E-state index is 13.0. The number of carbonyl (C=O) groups is 1. The molecule has 2 rings (SSSR count). The van der Waals surface area contributed by atoms with Crippen molar-refractivity contribution in [3.8, 4) is 0 Å². The number of aliphatic hydroxyl groups excluding tert-OH is 1. The summed E-state index contributed by atoms with van der Waals surface area (Å²) in [4.78, 5) is 11.6. The van der Waals surface area contributed by atoms with E-state index < -0.39 is 23.8 Å². The molecule has 0 saturated heterocycles. The van der Waals surface area contributed by atoms with E-state index in [9.17, 15) is 18.7 Å². The van der Waals surface area contributed by atoms with Crippen molar-refractivity contribution in [2.24, 2.45) is 0 Å². The van der Waals surface area contributed by atoms with E-state index in [0.717, 1.165) is 12.1 Å². The van der Waals surface area contributed by atoms with Gasteiger partial charge in [0, 0.05) is 6.54 Å². The highest BCUT2D eigenvalue weighted by atomic mass is 32.1. The van der Waals surface area contributed by atoms with Crippen LogP contribution in [0.25, 0.3) is 0 Å². The maximum Gasteiger partial charge on any atom is 0.321 e. The van der Waals surface area contributed by atoms with Crippen LogP contribution in [0, 0.1) is 18.6 Å². The molecule has 112 valence electrons. The Morgan fingerprint density at radius 1 is 1.38 bits per heavy atom. The van der Waals surface area contributed by atoms with E-state index in [1.165, 1.54) is 17.4 Å². The summed E-state index contributed by atoms with van der Waals surface area (Å²) >= 11 is 1.20. The average Bonchev–Trinajstić information content (AvgIpc) is 2.84. The molecule has 0 spiro atoms. The van der Waals surface area contributed by atoms with Gasteiger partial charge in [-0.2, -0.15) is 0 Å². The SMILES string of the molecule is Cc1nnc(NC(=O)NCC(O)c2ccc(F)c(F)c2)s1. The molecule has 0 aliphatic heterocycles. The lowest BCUT2D eigenvalue weighted by atomic mass is 10.1. The predicted molar refractivity (Wildman–Crippen MR) is 73.0 cm³/mol. The predicted octanol–water partition coefficient (Wildman–Crippen LogP) is 1.98. The van der Waals surface area contributed by atoms with Gasteiger partial charge in [-0.05, 0) is 24.6 Å². The molecule has 6 nitrogen and oxygen atoms in total. The molecular weight excluding hydrogens is 302 g/mol. The van der Waals surface area contributed by atoms with Crippen molar-refractivity contribution in [2.75, 3.05) is 11.9 Å². The minimum absolute atomic E-state index is 0.158. The summed E-state index contributed by atoms with van der Waals surface area (Å²) < 4.78 is 25.8. The molecular formula is C12H12F2N4O2S. The molecule has 0 saturated carbocycles. The summed E-state index contributed by atoms with van der Waals surface area (Å²) in [6.45, 7) is 1.59. The fourth-order valence-electron chi connectivity index (χ4n) is 1.52. The largest absolute Gasteiger partial charge is 0.387 e. The number of halogens is 2. The summed E-state index contributed by atoms with van der Waals surface area (Å²) in [5.74, 6) is -2.05. The van der Waals surface area contributed by atoms with Crippen LogP contribution in [-0.4, -0.2) is 27.9 Å². The van der Waals surface area contributed by atoms with Crippen LogP contribution in [-0.2, 0) is 0 Å². The molecule has 0 aliphatic rings. The molecule has 1 atom stereocenters. The third-order valence-electron chi connectivity index (χ3n) is 2.53. The smallest absolute Gasteiger partial charge is 0.321 e. The molecule has 2 amide bonds. The van der Waals surface area contributed by atoms with Crippen LogP contribution < -0.4 is 10.6 Å². The molecule has 9 heteroatoms. The lowest BCUT2D eigenvalue weighted by molar-refractivity contribution is 0.174. The molecule has 1 heterocycles. The van der Waals surface area contributed by atoms with E-state index in [-0.39, 0.29) is 12.1 Å². The normalized spacial score (nSPS) is 12.0. The van der Waals surface area contributed by atoms with Gasteiger partial charge in [-0.25, -0.2) is 13.6 Å². The molecule has 0 fully saturated rings. The summed E-state index contributed by atoms with van der Waals surface area (Å²) in [6, 6.07) is 2.47. The number of aliphatic hydroxyl groups is 1. The molecule has 1 aromatic heterocycles. The molecule has 3 N–H and O–H groups in total. The molecule has 1 aromatic carbocycles. The van der Waals surface area contributed by atoms with Gasteiger partial charge in [0.2, 0.25) is 5.13 Å². The van der Waals surface area contributed by atoms with Crippen molar-refractivity contribution >= 4 is 22.5 Å². The highest BCUT2D eigenvalue weighted by Gasteiger charge is 2.13. The van der Waals surface area contributed by atoms with Crippen LogP contribution in [0.5, 0.6) is 0 Å². The maximum atomic E-state index is 13.0. The first-order valence-corrected chi connectivity index (χ1v) is 6.75. The van der Waals surface area contributed by atoms with Gasteiger partial charge in [-0.1, -0.05) is 17.4 Å². The number of hydrogen-bond donors (Lipinski definition) is 3. The van der Waals surface area contributed by atoms with E-state index in [4.69, 9.17) is 0 Å². The van der Waals surface area contributed by atoms with Gasteiger partial charge in [0.15, 0.2) is 11.6 Å². The minimum Gasteiger partial charge on any atom is -0.387 e. The van der Waals surface area contributed by atoms with Crippen LogP contribution in [0.3, 0.4) is 0 Å². The first kappa shape index (κ1) is 15.3. The molecule has 0 radical (unpaired) electrons. The van der Waals surface area contributed by atoms with E-state index >= 15 is 0 Å². The third-order valence-corrected chi connectivity index (χ3v) is 3.29. The minimum atomic E-state index is -1.15. The van der Waals surface area contributed by atoms with Crippen molar-refractivity contribution in [3.05, 3.63) is 40.4 Å². The molecule has 21 heavy (non-hydrogen) atoms. The second kappa shape index (κ2) is 6.55. The molecule has 1 unspecified atom stereocenters. The highest BCUT2D eigenvalue weighted by molar-refractivity contribution is 7.15. The number of hydrogen-bond acceptors (Lipinski definition) is 5. The van der Waals surface area contributed by atoms with Gasteiger partial charge in [0.05, 0.1) is 6.10 Å². The summed E-state index contributed by atoms with van der Waals surface area (Å²) in [5, 5.41) is 23.1. The quantitative estimate of drug-likeness (QED) is 0.805. The van der Waals surface area contributed by atoms with E-state index in [1.54, 1.807) is 6.92 Å². The number of aromatic nitrogens is 2. The topological polar surface area (TPSA) is 87.1 Å². The number of nitrogens with one attached hydrogen (secondary N) is 2. The van der Waals surface area contributed by atoms with Gasteiger partial charge < -0.3 is 10.4 Å². The Morgan fingerprint density at radius 2 is 2.14 bits per heavy atom. The molecule has 0 bridgehead atoms. The van der Waals surface area contributed by atoms with Crippen LogP contribution >= 0.6 is 11.3 Å². The van der Waals surface area contributed by atoms with Crippen LogP contribution in [0.1, 0.15) is 16.7 Å². The van der Waals surface area contributed by atoms with Crippen LogP contribution in [0.2, 0.25) is 0 Å². The number of amides is 2. The number of carbonyl (C=O) groups excluding carboxylic acids is 1. The second-order valence-electron chi connectivity index (χ2n) is 4.15. The van der Waals surface area contributed by atoms with Crippen molar-refractivity contribution in [3.63, 3.8) is 0 Å². The van der Waals surface area contributed by atoms with Crippen molar-refractivity contribution in [1.82, 2.24) is 15.5 Å². The Hall–Kier alpha value is -2.13. The zero-order chi connectivity index (χ0) is 15.4. The Kier molecular flexibility index (Phi) is 4.76. The highest BCUT2D eigenvalue weighted by Crippen LogP contribution is 2.16. The number of nitrogens with zero attached hydrogens (tertiary/aromatic N) is 2. The number of urea groups is 1. The van der Waals surface area contributed by atoms with Crippen LogP contribution in [0.4, 0.5) is 18.7 Å². The Bertz CT molecular complexity index is 650. The van der Waals surface area contributed by atoms with E-state index in [0.29, 0.717) is 10.1 Å². The summed E-state index contributed by atoms with van der Waals surface area (Å²) in [6.07, 6.45) is -1.15. The Labute approximate surface area is 122 Å².